The van der Waals surface area contributed by atoms with Crippen LogP contribution >= 0.6 is 0 Å². The summed E-state index contributed by atoms with van der Waals surface area (Å²) in [6.45, 7) is 7.02. The molecule has 0 saturated carbocycles. The average Bonchev–Trinajstić information content (AvgIpc) is 3.18. The lowest BCUT2D eigenvalue weighted by Gasteiger charge is -2.39. The zero-order valence-corrected chi connectivity index (χ0v) is 17.3. The average molecular weight is 396 g/mol. The molecule has 0 aromatic carbocycles. The van der Waals surface area contributed by atoms with Crippen molar-refractivity contribution in [2.45, 2.75) is 58.5 Å². The maximum Gasteiger partial charge on any atom is 0.336 e. The Morgan fingerprint density at radius 1 is 1.38 bits per heavy atom. The van der Waals surface area contributed by atoms with Crippen molar-refractivity contribution < 1.29 is 19.1 Å². The maximum atomic E-state index is 13.2. The van der Waals surface area contributed by atoms with Gasteiger partial charge in [-0.2, -0.15) is 0 Å². The van der Waals surface area contributed by atoms with Crippen LogP contribution in [0.5, 0.6) is 0 Å². The molecule has 1 aromatic rings. The first-order chi connectivity index (χ1) is 13.9. The largest absolute Gasteiger partial charge is 0.459 e. The fraction of sp³-hybridized carbons (Fsp3) is 0.522. The Morgan fingerprint density at radius 2 is 2.21 bits per heavy atom. The predicted octanol–water partition coefficient (Wildman–Crippen LogP) is 3.41. The second-order valence-electron chi connectivity index (χ2n) is 8.95. The molecule has 154 valence electrons. The Balaban J connectivity index is 1.70. The number of dihydropyridines is 1. The fourth-order valence-electron chi connectivity index (χ4n) is 4.61. The standard InChI is InChI=1S/C23H28N2O4/c1-14-19(22(27)29-13-16-7-5-9-28-16)20(15-6-4-8-24-12-15)21-17(25-14)10-23(2,3)11-18(21)26/h4,6,8,12,16,20,25H,5,7,9-11,13H2,1-3H3/t16-,20+/m1/s1. The molecule has 4 rings (SSSR count). The Kier molecular flexibility index (Phi) is 5.30. The van der Waals surface area contributed by atoms with Crippen molar-refractivity contribution in [1.82, 2.24) is 10.3 Å². The highest BCUT2D eigenvalue weighted by Crippen LogP contribution is 2.46. The lowest BCUT2D eigenvalue weighted by Crippen LogP contribution is -2.39. The molecule has 3 aliphatic rings. The third kappa shape index (κ3) is 3.99. The molecule has 1 aliphatic carbocycles. The summed E-state index contributed by atoms with van der Waals surface area (Å²) in [4.78, 5) is 30.5. The van der Waals surface area contributed by atoms with Crippen molar-refractivity contribution >= 4 is 11.8 Å². The van der Waals surface area contributed by atoms with Gasteiger partial charge in [-0.25, -0.2) is 4.79 Å². The fourth-order valence-corrected chi connectivity index (χ4v) is 4.61. The van der Waals surface area contributed by atoms with Crippen LogP contribution in [0.2, 0.25) is 0 Å². The van der Waals surface area contributed by atoms with E-state index >= 15 is 0 Å². The van der Waals surface area contributed by atoms with E-state index in [1.807, 2.05) is 19.1 Å². The Labute approximate surface area is 171 Å². The van der Waals surface area contributed by atoms with Gasteiger partial charge in [-0.15, -0.1) is 0 Å². The molecule has 0 bridgehead atoms. The molecule has 0 amide bonds. The number of allylic oxidation sites excluding steroid dienone is 3. The lowest BCUT2D eigenvalue weighted by atomic mass is 9.69. The minimum atomic E-state index is -0.458. The van der Waals surface area contributed by atoms with E-state index in [0.29, 0.717) is 24.2 Å². The molecule has 0 radical (unpaired) electrons. The first-order valence-corrected chi connectivity index (χ1v) is 10.3. The molecule has 2 atom stereocenters. The number of aromatic nitrogens is 1. The lowest BCUT2D eigenvalue weighted by molar-refractivity contribution is -0.142. The van der Waals surface area contributed by atoms with Gasteiger partial charge in [-0.3, -0.25) is 9.78 Å². The SMILES string of the molecule is CC1=C(C(=O)OC[C@H]2CCCO2)[C@H](c2cccnc2)C2=C(CC(C)(C)CC2=O)N1. The van der Waals surface area contributed by atoms with Gasteiger partial charge in [0.1, 0.15) is 6.61 Å². The van der Waals surface area contributed by atoms with Gasteiger partial charge in [0.15, 0.2) is 5.78 Å². The molecular weight excluding hydrogens is 368 g/mol. The summed E-state index contributed by atoms with van der Waals surface area (Å²) < 4.78 is 11.2. The molecule has 1 aromatic heterocycles. The number of ether oxygens (including phenoxy) is 2. The van der Waals surface area contributed by atoms with Crippen molar-refractivity contribution in [2.75, 3.05) is 13.2 Å². The first-order valence-electron chi connectivity index (χ1n) is 10.3. The molecule has 1 N–H and O–H groups in total. The summed E-state index contributed by atoms with van der Waals surface area (Å²) in [5.41, 5.74) is 3.53. The van der Waals surface area contributed by atoms with Crippen LogP contribution in [0.3, 0.4) is 0 Å². The number of nitrogens with one attached hydrogen (secondary N) is 1. The minimum Gasteiger partial charge on any atom is -0.459 e. The summed E-state index contributed by atoms with van der Waals surface area (Å²) in [6, 6.07) is 3.75. The zero-order chi connectivity index (χ0) is 20.6. The van der Waals surface area contributed by atoms with Crippen LogP contribution in [0, 0.1) is 5.41 Å². The third-order valence-electron chi connectivity index (χ3n) is 5.90. The van der Waals surface area contributed by atoms with Crippen LogP contribution in [0.1, 0.15) is 57.9 Å². The summed E-state index contributed by atoms with van der Waals surface area (Å²) >= 11 is 0. The smallest absolute Gasteiger partial charge is 0.336 e. The Bertz CT molecular complexity index is 879. The molecule has 2 aliphatic heterocycles. The number of carbonyl (C=O) groups excluding carboxylic acids is 2. The van der Waals surface area contributed by atoms with Crippen LogP contribution in [0.25, 0.3) is 0 Å². The van der Waals surface area contributed by atoms with Crippen molar-refractivity contribution in [3.63, 3.8) is 0 Å². The summed E-state index contributed by atoms with van der Waals surface area (Å²) in [7, 11) is 0. The third-order valence-corrected chi connectivity index (χ3v) is 5.90. The number of rotatable bonds is 4. The van der Waals surface area contributed by atoms with E-state index in [0.717, 1.165) is 36.2 Å². The molecule has 6 heteroatoms. The highest BCUT2D eigenvalue weighted by molar-refractivity contribution is 6.04. The van der Waals surface area contributed by atoms with Gasteiger partial charge < -0.3 is 14.8 Å². The van der Waals surface area contributed by atoms with Crippen molar-refractivity contribution in [1.29, 1.82) is 0 Å². The number of nitrogens with zero attached hydrogens (tertiary/aromatic N) is 1. The second-order valence-corrected chi connectivity index (χ2v) is 8.95. The molecule has 3 heterocycles. The normalized spacial score (nSPS) is 26.2. The van der Waals surface area contributed by atoms with E-state index in [1.54, 1.807) is 12.4 Å². The number of esters is 1. The van der Waals surface area contributed by atoms with Gasteiger partial charge in [0.2, 0.25) is 0 Å². The van der Waals surface area contributed by atoms with E-state index in [-0.39, 0.29) is 23.9 Å². The Hall–Kier alpha value is -2.47. The van der Waals surface area contributed by atoms with Gasteiger partial charge >= 0.3 is 5.97 Å². The number of Topliss-reactive ketones (excluding diaryl/α,β-unsaturated/α-hetero) is 1. The second kappa shape index (κ2) is 7.75. The van der Waals surface area contributed by atoms with Gasteiger partial charge in [0.25, 0.3) is 0 Å². The minimum absolute atomic E-state index is 0.0415. The molecule has 0 spiro atoms. The van der Waals surface area contributed by atoms with Crippen LogP contribution in [-0.4, -0.2) is 36.1 Å². The monoisotopic (exact) mass is 396 g/mol. The number of pyridine rings is 1. The molecule has 1 saturated heterocycles. The van der Waals surface area contributed by atoms with Crippen LogP contribution in [-0.2, 0) is 19.1 Å². The van der Waals surface area contributed by atoms with Gasteiger partial charge in [0, 0.05) is 48.3 Å². The summed E-state index contributed by atoms with van der Waals surface area (Å²) in [5, 5.41) is 3.35. The summed E-state index contributed by atoms with van der Waals surface area (Å²) in [5.74, 6) is -0.779. The van der Waals surface area contributed by atoms with Crippen LogP contribution in [0.15, 0.2) is 47.1 Å². The molecule has 1 fully saturated rings. The number of hydrogen-bond donors (Lipinski definition) is 1. The first kappa shape index (κ1) is 19.8. The highest BCUT2D eigenvalue weighted by Gasteiger charge is 2.43. The van der Waals surface area contributed by atoms with Crippen molar-refractivity contribution in [3.05, 3.63) is 52.6 Å². The van der Waals surface area contributed by atoms with Crippen LogP contribution in [0.4, 0.5) is 0 Å². The van der Waals surface area contributed by atoms with E-state index in [1.165, 1.54) is 0 Å². The zero-order valence-electron chi connectivity index (χ0n) is 17.3. The van der Waals surface area contributed by atoms with Gasteiger partial charge in [-0.1, -0.05) is 19.9 Å². The highest BCUT2D eigenvalue weighted by atomic mass is 16.6. The van der Waals surface area contributed by atoms with Gasteiger partial charge in [-0.05, 0) is 43.2 Å². The molecule has 0 unspecified atom stereocenters. The van der Waals surface area contributed by atoms with Crippen molar-refractivity contribution in [2.24, 2.45) is 5.41 Å². The van der Waals surface area contributed by atoms with Crippen LogP contribution < -0.4 is 5.32 Å². The van der Waals surface area contributed by atoms with E-state index < -0.39 is 11.9 Å². The van der Waals surface area contributed by atoms with E-state index in [2.05, 4.69) is 24.1 Å². The predicted molar refractivity (Wildman–Crippen MR) is 108 cm³/mol. The Morgan fingerprint density at radius 3 is 2.90 bits per heavy atom. The quantitative estimate of drug-likeness (QED) is 0.786. The number of hydrogen-bond acceptors (Lipinski definition) is 6. The number of ketones is 1. The summed E-state index contributed by atoms with van der Waals surface area (Å²) in [6.07, 6.45) is 6.50. The van der Waals surface area contributed by atoms with Crippen molar-refractivity contribution in [3.8, 4) is 0 Å². The van der Waals surface area contributed by atoms with Gasteiger partial charge in [0.05, 0.1) is 11.7 Å². The molecule has 29 heavy (non-hydrogen) atoms. The maximum absolute atomic E-state index is 13.2. The van der Waals surface area contributed by atoms with E-state index in [9.17, 15) is 9.59 Å². The molecular formula is C23H28N2O4. The molecule has 6 nitrogen and oxygen atoms in total. The topological polar surface area (TPSA) is 77.5 Å². The van der Waals surface area contributed by atoms with E-state index in [4.69, 9.17) is 9.47 Å². The number of carbonyl (C=O) groups is 2.